The highest BCUT2D eigenvalue weighted by Gasteiger charge is 2.16. The summed E-state index contributed by atoms with van der Waals surface area (Å²) in [7, 11) is -1.90. The Hall–Kier alpha value is -3.07. The summed E-state index contributed by atoms with van der Waals surface area (Å²) in [4.78, 5) is 23.3. The Labute approximate surface area is 158 Å². The Bertz CT molecular complexity index is 924. The van der Waals surface area contributed by atoms with E-state index in [0.717, 1.165) is 10.6 Å². The lowest BCUT2D eigenvalue weighted by Crippen LogP contribution is -2.30. The van der Waals surface area contributed by atoms with E-state index in [0.29, 0.717) is 22.7 Å². The number of carbonyl (C=O) groups is 2. The minimum atomic E-state index is -3.35. The number of ether oxygens (including phenoxy) is 1. The molecule has 2 rings (SSSR count). The van der Waals surface area contributed by atoms with Crippen molar-refractivity contribution in [1.29, 1.82) is 0 Å². The molecule has 0 aliphatic carbocycles. The van der Waals surface area contributed by atoms with E-state index in [1.165, 1.54) is 19.2 Å². The second kappa shape index (κ2) is 8.09. The molecule has 8 nitrogen and oxygen atoms in total. The van der Waals surface area contributed by atoms with E-state index in [9.17, 15) is 18.0 Å². The fourth-order valence-electron chi connectivity index (χ4n) is 2.15. The van der Waals surface area contributed by atoms with Gasteiger partial charge in [-0.25, -0.2) is 8.42 Å². The van der Waals surface area contributed by atoms with Gasteiger partial charge < -0.3 is 15.8 Å². The lowest BCUT2D eigenvalue weighted by Gasteiger charge is -2.18. The summed E-state index contributed by atoms with van der Waals surface area (Å²) in [6.07, 6.45) is 0.319. The molecule has 27 heavy (non-hydrogen) atoms. The monoisotopic (exact) mass is 391 g/mol. The zero-order valence-corrected chi connectivity index (χ0v) is 16.0. The van der Waals surface area contributed by atoms with Crippen LogP contribution in [0.15, 0.2) is 48.5 Å². The zero-order valence-electron chi connectivity index (χ0n) is 15.2. The van der Waals surface area contributed by atoms with Crippen molar-refractivity contribution in [2.75, 3.05) is 22.9 Å². The number of nitrogens with two attached hydrogens (primary N) is 1. The van der Waals surface area contributed by atoms with Crippen LogP contribution in [0.25, 0.3) is 0 Å². The van der Waals surface area contributed by atoms with Crippen LogP contribution in [-0.2, 0) is 14.8 Å². The molecule has 0 saturated carbocycles. The fourth-order valence-corrected chi connectivity index (χ4v) is 2.65. The molecule has 0 aliphatic heterocycles. The van der Waals surface area contributed by atoms with Gasteiger partial charge in [0.25, 0.3) is 5.91 Å². The molecule has 0 bridgehead atoms. The van der Waals surface area contributed by atoms with Crippen LogP contribution in [0.4, 0.5) is 11.4 Å². The van der Waals surface area contributed by atoms with Gasteiger partial charge in [-0.2, -0.15) is 0 Å². The van der Waals surface area contributed by atoms with Crippen molar-refractivity contribution in [3.05, 3.63) is 54.1 Å². The van der Waals surface area contributed by atoms with E-state index >= 15 is 0 Å². The molecular weight excluding hydrogens is 370 g/mol. The van der Waals surface area contributed by atoms with Gasteiger partial charge in [-0.3, -0.25) is 13.9 Å². The number of sulfonamides is 1. The van der Waals surface area contributed by atoms with Gasteiger partial charge in [0.15, 0.2) is 6.10 Å². The molecule has 0 saturated heterocycles. The van der Waals surface area contributed by atoms with E-state index < -0.39 is 22.0 Å². The van der Waals surface area contributed by atoms with Gasteiger partial charge in [0, 0.05) is 18.3 Å². The van der Waals surface area contributed by atoms with Gasteiger partial charge in [0.2, 0.25) is 15.9 Å². The summed E-state index contributed by atoms with van der Waals surface area (Å²) in [6, 6.07) is 12.5. The maximum absolute atomic E-state index is 12.2. The van der Waals surface area contributed by atoms with E-state index in [4.69, 9.17) is 10.5 Å². The summed E-state index contributed by atoms with van der Waals surface area (Å²) < 4.78 is 29.8. The third-order valence-electron chi connectivity index (χ3n) is 3.82. The van der Waals surface area contributed by atoms with Crippen LogP contribution in [-0.4, -0.2) is 39.6 Å². The lowest BCUT2D eigenvalue weighted by molar-refractivity contribution is -0.122. The van der Waals surface area contributed by atoms with Crippen LogP contribution < -0.4 is 20.1 Å². The molecule has 0 fully saturated rings. The van der Waals surface area contributed by atoms with Crippen LogP contribution in [0.3, 0.4) is 0 Å². The Morgan fingerprint density at radius 2 is 1.63 bits per heavy atom. The molecule has 0 aliphatic rings. The average Bonchev–Trinajstić information content (AvgIpc) is 2.61. The summed E-state index contributed by atoms with van der Waals surface area (Å²) in [5, 5.41) is 2.67. The molecule has 2 amide bonds. The Morgan fingerprint density at radius 1 is 1.07 bits per heavy atom. The number of primary amides is 1. The summed E-state index contributed by atoms with van der Waals surface area (Å²) >= 11 is 0. The molecule has 0 aromatic heterocycles. The van der Waals surface area contributed by atoms with Crippen molar-refractivity contribution in [3.8, 4) is 5.75 Å². The van der Waals surface area contributed by atoms with Crippen LogP contribution in [0, 0.1) is 0 Å². The van der Waals surface area contributed by atoms with E-state index in [2.05, 4.69) is 5.32 Å². The standard InChI is InChI=1S/C18H21N3O5S/c1-12(18(23)20-14-6-4-13(5-7-14)17(19)22)26-16-10-8-15(9-11-16)21(2)27(3,24)25/h4-12H,1-3H3,(H2,19,22)(H,20,23). The van der Waals surface area contributed by atoms with Crippen molar-refractivity contribution >= 4 is 33.2 Å². The lowest BCUT2D eigenvalue weighted by atomic mass is 10.2. The molecule has 0 spiro atoms. The number of anilines is 2. The van der Waals surface area contributed by atoms with Crippen molar-refractivity contribution in [2.45, 2.75) is 13.0 Å². The molecule has 9 heteroatoms. The number of nitrogens with one attached hydrogen (secondary N) is 1. The molecule has 2 aromatic carbocycles. The van der Waals surface area contributed by atoms with E-state index in [1.54, 1.807) is 43.3 Å². The minimum absolute atomic E-state index is 0.344. The smallest absolute Gasteiger partial charge is 0.265 e. The highest BCUT2D eigenvalue weighted by Crippen LogP contribution is 2.21. The van der Waals surface area contributed by atoms with Crippen LogP contribution in [0.5, 0.6) is 5.75 Å². The topological polar surface area (TPSA) is 119 Å². The van der Waals surface area contributed by atoms with E-state index in [1.807, 2.05) is 0 Å². The maximum Gasteiger partial charge on any atom is 0.265 e. The zero-order chi connectivity index (χ0) is 20.2. The normalized spacial score (nSPS) is 12.1. The number of benzene rings is 2. The van der Waals surface area contributed by atoms with Crippen molar-refractivity contribution in [3.63, 3.8) is 0 Å². The number of nitrogens with zero attached hydrogens (tertiary/aromatic N) is 1. The summed E-state index contributed by atoms with van der Waals surface area (Å²) in [6.45, 7) is 1.59. The second-order valence-electron chi connectivity index (χ2n) is 5.92. The third-order valence-corrected chi connectivity index (χ3v) is 5.02. The first kappa shape index (κ1) is 20.2. The molecule has 1 atom stereocenters. The van der Waals surface area contributed by atoms with Crippen LogP contribution >= 0.6 is 0 Å². The van der Waals surface area contributed by atoms with Gasteiger partial charge >= 0.3 is 0 Å². The first-order valence-corrected chi connectivity index (χ1v) is 9.84. The predicted molar refractivity (Wildman–Crippen MR) is 103 cm³/mol. The predicted octanol–water partition coefficient (Wildman–Crippen LogP) is 1.59. The Balaban J connectivity index is 1.98. The van der Waals surface area contributed by atoms with Crippen LogP contribution in [0.1, 0.15) is 17.3 Å². The molecule has 144 valence electrons. The largest absolute Gasteiger partial charge is 0.481 e. The quantitative estimate of drug-likeness (QED) is 0.743. The summed E-state index contributed by atoms with van der Waals surface area (Å²) in [5.74, 6) is -0.499. The minimum Gasteiger partial charge on any atom is -0.481 e. The Morgan fingerprint density at radius 3 is 2.11 bits per heavy atom. The molecule has 1 unspecified atom stereocenters. The van der Waals surface area contributed by atoms with Crippen molar-refractivity contribution in [1.82, 2.24) is 0 Å². The van der Waals surface area contributed by atoms with Gasteiger partial charge in [-0.15, -0.1) is 0 Å². The second-order valence-corrected chi connectivity index (χ2v) is 7.93. The van der Waals surface area contributed by atoms with Gasteiger partial charge in [-0.1, -0.05) is 0 Å². The number of amides is 2. The molecule has 3 N–H and O–H groups in total. The number of rotatable bonds is 7. The van der Waals surface area contributed by atoms with Gasteiger partial charge in [0.05, 0.1) is 11.9 Å². The molecule has 2 aromatic rings. The van der Waals surface area contributed by atoms with Gasteiger partial charge in [0.1, 0.15) is 5.75 Å². The molecule has 0 heterocycles. The highest BCUT2D eigenvalue weighted by molar-refractivity contribution is 7.92. The SMILES string of the molecule is CC(Oc1ccc(N(C)S(C)(=O)=O)cc1)C(=O)Nc1ccc(C(N)=O)cc1. The fraction of sp³-hybridized carbons (Fsp3) is 0.222. The highest BCUT2D eigenvalue weighted by atomic mass is 32.2. The number of hydrogen-bond acceptors (Lipinski definition) is 5. The summed E-state index contributed by atoms with van der Waals surface area (Å²) in [5.41, 5.74) is 6.50. The maximum atomic E-state index is 12.2. The van der Waals surface area contributed by atoms with Crippen molar-refractivity contribution < 1.29 is 22.7 Å². The molecular formula is C18H21N3O5S. The van der Waals surface area contributed by atoms with Crippen LogP contribution in [0.2, 0.25) is 0 Å². The van der Waals surface area contributed by atoms with Gasteiger partial charge in [-0.05, 0) is 55.5 Å². The molecule has 0 radical (unpaired) electrons. The van der Waals surface area contributed by atoms with E-state index in [-0.39, 0.29) is 5.91 Å². The Kier molecular flexibility index (Phi) is 6.06. The third kappa shape index (κ3) is 5.45. The number of hydrogen-bond donors (Lipinski definition) is 2. The first-order valence-electron chi connectivity index (χ1n) is 7.99. The first-order chi connectivity index (χ1) is 12.6. The average molecular weight is 391 g/mol. The van der Waals surface area contributed by atoms with Crippen molar-refractivity contribution in [2.24, 2.45) is 5.73 Å². The number of carbonyl (C=O) groups excluding carboxylic acids is 2.